The van der Waals surface area contributed by atoms with Crippen LogP contribution in [0.15, 0.2) is 24.3 Å². The van der Waals surface area contributed by atoms with Crippen molar-refractivity contribution in [3.8, 4) is 0 Å². The molecule has 2 aromatic rings. The van der Waals surface area contributed by atoms with Gasteiger partial charge in [-0.2, -0.15) is 0 Å². The molecule has 4 rings (SSSR count). The Balaban J connectivity index is 1.46. The molecule has 1 spiro atoms. The molecule has 122 valence electrons. The predicted octanol–water partition coefficient (Wildman–Crippen LogP) is 2.05. The highest BCUT2D eigenvalue weighted by Crippen LogP contribution is 2.36. The molecule has 5 heteroatoms. The van der Waals surface area contributed by atoms with Gasteiger partial charge in [0.1, 0.15) is 0 Å². The van der Waals surface area contributed by atoms with Gasteiger partial charge in [0.15, 0.2) is 0 Å². The van der Waals surface area contributed by atoms with Gasteiger partial charge in [-0.05, 0) is 31.9 Å². The van der Waals surface area contributed by atoms with Gasteiger partial charge in [0.25, 0.3) is 0 Å². The molecule has 1 N–H and O–H groups in total. The molecule has 2 fully saturated rings. The zero-order valence-electron chi connectivity index (χ0n) is 13.5. The quantitative estimate of drug-likeness (QED) is 0.919. The summed E-state index contributed by atoms with van der Waals surface area (Å²) in [4.78, 5) is 11.9. The first-order chi connectivity index (χ1) is 11.1. The number of aliphatic hydroxyl groups is 1. The molecular formula is C18H23N3O2. The first kappa shape index (κ1) is 15.0. The molecule has 2 aliphatic heterocycles. The van der Waals surface area contributed by atoms with E-state index in [-0.39, 0.29) is 11.7 Å². The van der Waals surface area contributed by atoms with E-state index in [1.54, 1.807) is 0 Å². The zero-order chi connectivity index (χ0) is 15.9. The van der Waals surface area contributed by atoms with Crippen LogP contribution in [0, 0.1) is 6.92 Å². The van der Waals surface area contributed by atoms with E-state index in [0.29, 0.717) is 6.61 Å². The molecule has 1 aromatic heterocycles. The van der Waals surface area contributed by atoms with E-state index in [1.807, 2.05) is 31.2 Å². The van der Waals surface area contributed by atoms with Crippen molar-refractivity contribution in [2.24, 2.45) is 0 Å². The van der Waals surface area contributed by atoms with Crippen molar-refractivity contribution >= 4 is 11.0 Å². The summed E-state index contributed by atoms with van der Waals surface area (Å²) in [7, 11) is 0. The Hall–Kier alpha value is -1.56. The maximum Gasteiger partial charge on any atom is 0.0890 e. The van der Waals surface area contributed by atoms with Crippen LogP contribution in [-0.4, -0.2) is 51.4 Å². The number of piperidine rings is 1. The third-order valence-electron chi connectivity index (χ3n) is 5.17. The summed E-state index contributed by atoms with van der Waals surface area (Å²) in [5.41, 5.74) is 3.91. The number of nitrogens with zero attached hydrogens (tertiary/aromatic N) is 3. The second-order valence-corrected chi connectivity index (χ2v) is 6.87. The minimum absolute atomic E-state index is 0.0833. The van der Waals surface area contributed by atoms with Gasteiger partial charge in [-0.15, -0.1) is 0 Å². The lowest BCUT2D eigenvalue weighted by Gasteiger charge is -2.38. The number of aromatic nitrogens is 2. The summed E-state index contributed by atoms with van der Waals surface area (Å²) < 4.78 is 5.87. The van der Waals surface area contributed by atoms with Gasteiger partial charge < -0.3 is 9.84 Å². The van der Waals surface area contributed by atoms with Crippen molar-refractivity contribution in [3.63, 3.8) is 0 Å². The van der Waals surface area contributed by atoms with Gasteiger partial charge in [-0.1, -0.05) is 12.1 Å². The van der Waals surface area contributed by atoms with Crippen LogP contribution in [0.3, 0.4) is 0 Å². The van der Waals surface area contributed by atoms with Crippen molar-refractivity contribution in [1.82, 2.24) is 14.9 Å². The highest BCUT2D eigenvalue weighted by atomic mass is 16.5. The van der Waals surface area contributed by atoms with Crippen LogP contribution in [-0.2, 0) is 11.3 Å². The number of hydrogen-bond acceptors (Lipinski definition) is 5. The van der Waals surface area contributed by atoms with Crippen LogP contribution in [0.2, 0.25) is 0 Å². The normalized spacial score (nSPS) is 24.5. The van der Waals surface area contributed by atoms with E-state index < -0.39 is 0 Å². The van der Waals surface area contributed by atoms with E-state index in [2.05, 4.69) is 9.88 Å². The fourth-order valence-corrected chi connectivity index (χ4v) is 3.77. The number of likely N-dealkylation sites (tertiary alicyclic amines) is 1. The van der Waals surface area contributed by atoms with E-state index >= 15 is 0 Å². The predicted molar refractivity (Wildman–Crippen MR) is 88.1 cm³/mol. The molecule has 23 heavy (non-hydrogen) atoms. The molecular weight excluding hydrogens is 290 g/mol. The van der Waals surface area contributed by atoms with Gasteiger partial charge in [0.05, 0.1) is 40.7 Å². The Kier molecular flexibility index (Phi) is 3.79. The fraction of sp³-hybridized carbons (Fsp3) is 0.556. The topological polar surface area (TPSA) is 58.5 Å². The fourth-order valence-electron chi connectivity index (χ4n) is 3.77. The Morgan fingerprint density at radius 2 is 1.91 bits per heavy atom. The number of rotatable bonds is 2. The number of benzene rings is 1. The smallest absolute Gasteiger partial charge is 0.0890 e. The average molecular weight is 313 g/mol. The molecule has 0 aliphatic carbocycles. The van der Waals surface area contributed by atoms with Gasteiger partial charge in [-0.25, -0.2) is 9.97 Å². The first-order valence-electron chi connectivity index (χ1n) is 8.40. The maximum atomic E-state index is 9.73. The van der Waals surface area contributed by atoms with Gasteiger partial charge in [0, 0.05) is 26.1 Å². The Morgan fingerprint density at radius 1 is 1.22 bits per heavy atom. The lowest BCUT2D eigenvalue weighted by atomic mass is 9.88. The maximum absolute atomic E-state index is 9.73. The summed E-state index contributed by atoms with van der Waals surface area (Å²) in [6, 6.07) is 8.02. The van der Waals surface area contributed by atoms with E-state index in [0.717, 1.165) is 61.3 Å². The van der Waals surface area contributed by atoms with E-state index in [9.17, 15) is 5.11 Å². The van der Waals surface area contributed by atoms with Crippen molar-refractivity contribution < 1.29 is 9.84 Å². The standard InChI is InChI=1S/C18H23N3O2/c1-13-17(20-16-5-3-2-4-15(16)19-13)11-21-8-6-18(7-9-21)10-14(22)12-23-18/h2-5,14,22H,6-12H2,1H3/t14-/m1/s1. The minimum atomic E-state index is -0.282. The Bertz CT molecular complexity index is 710. The summed E-state index contributed by atoms with van der Waals surface area (Å²) in [5.74, 6) is 0. The number of ether oxygens (including phenoxy) is 1. The number of para-hydroxylation sites is 2. The van der Waals surface area contributed by atoms with Crippen molar-refractivity contribution in [2.75, 3.05) is 19.7 Å². The molecule has 3 heterocycles. The zero-order valence-corrected chi connectivity index (χ0v) is 13.5. The van der Waals surface area contributed by atoms with Gasteiger partial charge in [0.2, 0.25) is 0 Å². The minimum Gasteiger partial charge on any atom is -0.391 e. The van der Waals surface area contributed by atoms with Crippen LogP contribution in [0.1, 0.15) is 30.7 Å². The third-order valence-corrected chi connectivity index (χ3v) is 5.17. The van der Waals surface area contributed by atoms with Crippen LogP contribution >= 0.6 is 0 Å². The lowest BCUT2D eigenvalue weighted by Crippen LogP contribution is -2.44. The van der Waals surface area contributed by atoms with Crippen LogP contribution in [0.25, 0.3) is 11.0 Å². The first-order valence-corrected chi connectivity index (χ1v) is 8.40. The molecule has 1 atom stereocenters. The average Bonchev–Trinajstić information content (AvgIpc) is 2.91. The monoisotopic (exact) mass is 313 g/mol. The number of aliphatic hydroxyl groups excluding tert-OH is 1. The molecule has 0 bridgehead atoms. The molecule has 0 radical (unpaired) electrons. The van der Waals surface area contributed by atoms with E-state index in [4.69, 9.17) is 9.72 Å². The molecule has 0 unspecified atom stereocenters. The highest BCUT2D eigenvalue weighted by Gasteiger charge is 2.42. The highest BCUT2D eigenvalue weighted by molar-refractivity contribution is 5.74. The van der Waals surface area contributed by atoms with Crippen LogP contribution in [0.4, 0.5) is 0 Å². The van der Waals surface area contributed by atoms with Gasteiger partial charge >= 0.3 is 0 Å². The number of hydrogen-bond donors (Lipinski definition) is 1. The molecule has 0 amide bonds. The van der Waals surface area contributed by atoms with Crippen molar-refractivity contribution in [3.05, 3.63) is 35.7 Å². The Morgan fingerprint density at radius 3 is 2.57 bits per heavy atom. The summed E-state index contributed by atoms with van der Waals surface area (Å²) >= 11 is 0. The van der Waals surface area contributed by atoms with Crippen LogP contribution < -0.4 is 0 Å². The van der Waals surface area contributed by atoms with Gasteiger partial charge in [-0.3, -0.25) is 4.90 Å². The molecule has 5 nitrogen and oxygen atoms in total. The second kappa shape index (κ2) is 5.82. The van der Waals surface area contributed by atoms with E-state index in [1.165, 1.54) is 0 Å². The van der Waals surface area contributed by atoms with Crippen molar-refractivity contribution in [1.29, 1.82) is 0 Å². The SMILES string of the molecule is Cc1nc2ccccc2nc1CN1CCC2(CC1)C[C@@H](O)CO2. The number of aryl methyl sites for hydroxylation is 1. The largest absolute Gasteiger partial charge is 0.391 e. The summed E-state index contributed by atoms with van der Waals surface area (Å²) in [6.45, 7) is 5.34. The van der Waals surface area contributed by atoms with Crippen LogP contribution in [0.5, 0.6) is 0 Å². The molecule has 2 aliphatic rings. The summed E-state index contributed by atoms with van der Waals surface area (Å²) in [6.07, 6.45) is 2.49. The van der Waals surface area contributed by atoms with Crippen molar-refractivity contribution in [2.45, 2.75) is 44.4 Å². The second-order valence-electron chi connectivity index (χ2n) is 6.87. The molecule has 1 aromatic carbocycles. The molecule has 0 saturated carbocycles. The lowest BCUT2D eigenvalue weighted by molar-refractivity contribution is -0.0458. The number of fused-ring (bicyclic) bond motifs is 1. The Labute approximate surface area is 136 Å². The third kappa shape index (κ3) is 2.96. The molecule has 2 saturated heterocycles. The summed E-state index contributed by atoms with van der Waals surface area (Å²) in [5, 5.41) is 9.73.